The van der Waals surface area contributed by atoms with E-state index >= 15 is 0 Å². The summed E-state index contributed by atoms with van der Waals surface area (Å²) in [5.41, 5.74) is 1.41. The maximum atomic E-state index is 12.1. The molecule has 7 heteroatoms. The summed E-state index contributed by atoms with van der Waals surface area (Å²) in [5, 5.41) is 6.75. The molecule has 2 aliphatic rings. The molecule has 1 fully saturated rings. The first kappa shape index (κ1) is 16.1. The molecular weight excluding hydrogens is 340 g/mol. The van der Waals surface area contributed by atoms with Gasteiger partial charge in [0.2, 0.25) is 0 Å². The van der Waals surface area contributed by atoms with Crippen molar-refractivity contribution in [2.45, 2.75) is 25.2 Å². The average Bonchev–Trinajstić information content (AvgIpc) is 3.45. The third-order valence-electron chi connectivity index (χ3n) is 4.33. The van der Waals surface area contributed by atoms with Gasteiger partial charge in [0.15, 0.2) is 0 Å². The van der Waals surface area contributed by atoms with Gasteiger partial charge in [-0.3, -0.25) is 4.79 Å². The normalized spacial score (nSPS) is 16.1. The first-order valence-electron chi connectivity index (χ1n) is 8.52. The van der Waals surface area contributed by atoms with Crippen molar-refractivity contribution in [3.8, 4) is 5.75 Å². The first-order chi connectivity index (χ1) is 12.2. The van der Waals surface area contributed by atoms with E-state index in [2.05, 4.69) is 20.6 Å². The number of fused-ring (bicyclic) bond motifs is 1. The van der Waals surface area contributed by atoms with Crippen LogP contribution in [0.5, 0.6) is 5.75 Å². The summed E-state index contributed by atoms with van der Waals surface area (Å²) in [6.07, 6.45) is 2.92. The smallest absolute Gasteiger partial charge is 0.270 e. The molecule has 1 aliphatic heterocycles. The SMILES string of the molecule is O=C1NCCc2c(NCCOc3ccccc3Cl)nc(C3CC3)nc21. The van der Waals surface area contributed by atoms with Crippen LogP contribution in [-0.4, -0.2) is 35.6 Å². The van der Waals surface area contributed by atoms with Gasteiger partial charge >= 0.3 is 0 Å². The Balaban J connectivity index is 1.46. The number of hydrogen-bond acceptors (Lipinski definition) is 5. The summed E-state index contributed by atoms with van der Waals surface area (Å²) < 4.78 is 5.70. The minimum absolute atomic E-state index is 0.110. The van der Waals surface area contributed by atoms with E-state index < -0.39 is 0 Å². The molecule has 0 spiro atoms. The molecular formula is C18H19ClN4O2. The monoisotopic (exact) mass is 358 g/mol. The number of amides is 1. The maximum Gasteiger partial charge on any atom is 0.270 e. The number of para-hydroxylation sites is 1. The van der Waals surface area contributed by atoms with Crippen molar-refractivity contribution in [2.24, 2.45) is 0 Å². The van der Waals surface area contributed by atoms with Crippen molar-refractivity contribution in [2.75, 3.05) is 25.0 Å². The van der Waals surface area contributed by atoms with Gasteiger partial charge in [-0.15, -0.1) is 0 Å². The fourth-order valence-electron chi connectivity index (χ4n) is 2.87. The lowest BCUT2D eigenvalue weighted by molar-refractivity contribution is 0.0940. The highest BCUT2D eigenvalue weighted by atomic mass is 35.5. The molecule has 0 unspecified atom stereocenters. The van der Waals surface area contributed by atoms with Gasteiger partial charge in [0.05, 0.1) is 11.6 Å². The second-order valence-electron chi connectivity index (χ2n) is 6.24. The van der Waals surface area contributed by atoms with Crippen LogP contribution in [0.2, 0.25) is 5.02 Å². The number of nitrogens with one attached hydrogen (secondary N) is 2. The lowest BCUT2D eigenvalue weighted by atomic mass is 10.1. The summed E-state index contributed by atoms with van der Waals surface area (Å²) in [6, 6.07) is 7.39. The third-order valence-corrected chi connectivity index (χ3v) is 4.64. The number of nitrogens with zero attached hydrogens (tertiary/aromatic N) is 2. The van der Waals surface area contributed by atoms with Crippen LogP contribution in [0.25, 0.3) is 0 Å². The Kier molecular flexibility index (Phi) is 4.44. The molecule has 0 bridgehead atoms. The molecule has 2 aromatic rings. The number of aromatic nitrogens is 2. The zero-order valence-electron chi connectivity index (χ0n) is 13.7. The Labute approximate surface area is 151 Å². The molecule has 6 nitrogen and oxygen atoms in total. The minimum Gasteiger partial charge on any atom is -0.490 e. The zero-order valence-corrected chi connectivity index (χ0v) is 14.5. The summed E-state index contributed by atoms with van der Waals surface area (Å²) in [4.78, 5) is 21.3. The Morgan fingerprint density at radius 1 is 1.28 bits per heavy atom. The molecule has 2 heterocycles. The van der Waals surface area contributed by atoms with Gasteiger partial charge in [-0.2, -0.15) is 0 Å². The first-order valence-corrected chi connectivity index (χ1v) is 8.90. The van der Waals surface area contributed by atoms with Crippen LogP contribution in [-0.2, 0) is 6.42 Å². The van der Waals surface area contributed by atoms with Gasteiger partial charge in [0.1, 0.15) is 29.7 Å². The molecule has 2 N–H and O–H groups in total. The molecule has 1 aromatic carbocycles. The summed E-state index contributed by atoms with van der Waals surface area (Å²) >= 11 is 6.08. The van der Waals surface area contributed by atoms with Gasteiger partial charge in [-0.05, 0) is 31.4 Å². The maximum absolute atomic E-state index is 12.1. The molecule has 1 aliphatic carbocycles. The van der Waals surface area contributed by atoms with Crippen molar-refractivity contribution in [3.05, 3.63) is 46.4 Å². The Morgan fingerprint density at radius 3 is 2.92 bits per heavy atom. The van der Waals surface area contributed by atoms with E-state index in [4.69, 9.17) is 16.3 Å². The molecule has 130 valence electrons. The van der Waals surface area contributed by atoms with Crippen LogP contribution in [0, 0.1) is 0 Å². The van der Waals surface area contributed by atoms with E-state index in [1.807, 2.05) is 18.2 Å². The summed E-state index contributed by atoms with van der Waals surface area (Å²) in [6.45, 7) is 1.64. The Morgan fingerprint density at radius 2 is 2.12 bits per heavy atom. The molecule has 1 saturated carbocycles. The highest BCUT2D eigenvalue weighted by Gasteiger charge is 2.31. The second kappa shape index (κ2) is 6.88. The van der Waals surface area contributed by atoms with Crippen LogP contribution in [0.15, 0.2) is 24.3 Å². The van der Waals surface area contributed by atoms with Crippen LogP contribution in [0.3, 0.4) is 0 Å². The highest BCUT2D eigenvalue weighted by Crippen LogP contribution is 2.39. The summed E-state index contributed by atoms with van der Waals surface area (Å²) in [7, 11) is 0. The van der Waals surface area contributed by atoms with E-state index in [-0.39, 0.29) is 5.91 Å². The number of rotatable bonds is 6. The zero-order chi connectivity index (χ0) is 17.2. The second-order valence-corrected chi connectivity index (χ2v) is 6.65. The standard InChI is InChI=1S/C18H19ClN4O2/c19-13-3-1-2-4-14(13)25-10-9-20-17-12-7-8-21-18(24)15(12)22-16(23-17)11-5-6-11/h1-4,11H,5-10H2,(H,21,24)(H,20,22,23). The topological polar surface area (TPSA) is 76.1 Å². The third kappa shape index (κ3) is 3.54. The quantitative estimate of drug-likeness (QED) is 0.776. The predicted molar refractivity (Wildman–Crippen MR) is 95.5 cm³/mol. The van der Waals surface area contributed by atoms with Crippen molar-refractivity contribution in [3.63, 3.8) is 0 Å². The van der Waals surface area contributed by atoms with Crippen LogP contribution in [0.4, 0.5) is 5.82 Å². The van der Waals surface area contributed by atoms with Crippen LogP contribution < -0.4 is 15.4 Å². The van der Waals surface area contributed by atoms with Gasteiger partial charge in [-0.25, -0.2) is 9.97 Å². The van der Waals surface area contributed by atoms with Crippen LogP contribution >= 0.6 is 11.6 Å². The van der Waals surface area contributed by atoms with Crippen LogP contribution in [0.1, 0.15) is 40.6 Å². The number of carbonyl (C=O) groups excluding carboxylic acids is 1. The Bertz CT molecular complexity index is 808. The summed E-state index contributed by atoms with van der Waals surface area (Å²) in [5.74, 6) is 2.46. The van der Waals surface area contributed by atoms with Gasteiger partial charge in [0.25, 0.3) is 5.91 Å². The lowest BCUT2D eigenvalue weighted by Gasteiger charge is -2.20. The van der Waals surface area contributed by atoms with Gasteiger partial charge < -0.3 is 15.4 Å². The molecule has 1 amide bonds. The molecule has 25 heavy (non-hydrogen) atoms. The fourth-order valence-corrected chi connectivity index (χ4v) is 3.06. The highest BCUT2D eigenvalue weighted by molar-refractivity contribution is 6.32. The van der Waals surface area contributed by atoms with Crippen molar-refractivity contribution in [1.29, 1.82) is 0 Å². The van der Waals surface area contributed by atoms with Crippen molar-refractivity contribution >= 4 is 23.3 Å². The van der Waals surface area contributed by atoms with Crippen molar-refractivity contribution < 1.29 is 9.53 Å². The van der Waals surface area contributed by atoms with E-state index in [1.54, 1.807) is 6.07 Å². The minimum atomic E-state index is -0.110. The van der Waals surface area contributed by atoms with Crippen molar-refractivity contribution in [1.82, 2.24) is 15.3 Å². The van der Waals surface area contributed by atoms with Gasteiger partial charge in [-0.1, -0.05) is 23.7 Å². The largest absolute Gasteiger partial charge is 0.490 e. The molecule has 4 rings (SSSR count). The molecule has 0 atom stereocenters. The number of hydrogen-bond donors (Lipinski definition) is 2. The number of benzene rings is 1. The average molecular weight is 359 g/mol. The fraction of sp³-hybridized carbons (Fsp3) is 0.389. The molecule has 0 radical (unpaired) electrons. The molecule has 1 aromatic heterocycles. The Hall–Kier alpha value is -2.34. The number of halogens is 1. The number of carbonyl (C=O) groups is 1. The van der Waals surface area contributed by atoms with E-state index in [1.165, 1.54) is 0 Å². The van der Waals surface area contributed by atoms with E-state index in [0.717, 1.165) is 36.5 Å². The molecule has 0 saturated heterocycles. The van der Waals surface area contributed by atoms with E-state index in [9.17, 15) is 4.79 Å². The lowest BCUT2D eigenvalue weighted by Crippen LogP contribution is -2.34. The number of ether oxygens (including phenoxy) is 1. The number of anilines is 1. The predicted octanol–water partition coefficient (Wildman–Crippen LogP) is 2.78. The van der Waals surface area contributed by atoms with E-state index in [0.29, 0.717) is 42.1 Å². The van der Waals surface area contributed by atoms with Gasteiger partial charge in [0, 0.05) is 18.0 Å².